The van der Waals surface area contributed by atoms with Gasteiger partial charge in [0.25, 0.3) is 0 Å². The first-order chi connectivity index (χ1) is 18.7. The van der Waals surface area contributed by atoms with Gasteiger partial charge in [-0.2, -0.15) is 0 Å². The van der Waals surface area contributed by atoms with Gasteiger partial charge in [-0.3, -0.25) is 14.4 Å². The molecule has 0 fully saturated rings. The summed E-state index contributed by atoms with van der Waals surface area (Å²) in [5, 5.41) is 21.8. The Morgan fingerprint density at radius 3 is 2.33 bits per heavy atom. The molecule has 0 unspecified atom stereocenters. The zero-order valence-corrected chi connectivity index (χ0v) is 22.7. The summed E-state index contributed by atoms with van der Waals surface area (Å²) in [4.78, 5) is 29.2. The van der Waals surface area contributed by atoms with Gasteiger partial charge >= 0.3 is 11.9 Å². The van der Waals surface area contributed by atoms with Crippen LogP contribution >= 0.6 is 11.3 Å². The lowest BCUT2D eigenvalue weighted by Gasteiger charge is -2.13. The normalized spacial score (nSPS) is 14.1. The van der Waals surface area contributed by atoms with Gasteiger partial charge in [0, 0.05) is 27.4 Å². The topological polar surface area (TPSA) is 128 Å². The van der Waals surface area contributed by atoms with Crippen LogP contribution in [0, 0.1) is 20.8 Å². The molecule has 2 aromatic heterocycles. The fourth-order valence-corrected chi connectivity index (χ4v) is 5.64. The van der Waals surface area contributed by atoms with Crippen molar-refractivity contribution in [3.63, 3.8) is 0 Å². The van der Waals surface area contributed by atoms with Crippen LogP contribution < -0.4 is 10.1 Å². The minimum Gasteiger partial charge on any atom is -0.482 e. The zero-order valence-electron chi connectivity index (χ0n) is 21.9. The van der Waals surface area contributed by atoms with Crippen LogP contribution in [0.4, 0.5) is 11.4 Å². The fourth-order valence-electron chi connectivity index (χ4n) is 4.42. The number of carboxylic acid groups (broad SMARTS) is 1. The van der Waals surface area contributed by atoms with Crippen molar-refractivity contribution in [2.75, 3.05) is 19.0 Å². The van der Waals surface area contributed by atoms with Gasteiger partial charge in [-0.1, -0.05) is 12.1 Å². The second kappa shape index (κ2) is 10.7. The van der Waals surface area contributed by atoms with Crippen molar-refractivity contribution >= 4 is 40.4 Å². The van der Waals surface area contributed by atoms with E-state index in [1.807, 2.05) is 47.9 Å². The molecule has 39 heavy (non-hydrogen) atoms. The number of ether oxygens (including phenoxy) is 2. The molecule has 0 aliphatic carbocycles. The maximum atomic E-state index is 12.3. The molecule has 5 rings (SSSR count). The van der Waals surface area contributed by atoms with E-state index >= 15 is 0 Å². The molecule has 2 aromatic carbocycles. The summed E-state index contributed by atoms with van der Waals surface area (Å²) < 4.78 is 12.2. The minimum atomic E-state index is -1.02. The van der Waals surface area contributed by atoms with Crippen LogP contribution in [0.25, 0.3) is 5.00 Å². The van der Waals surface area contributed by atoms with E-state index < -0.39 is 12.0 Å². The monoisotopic (exact) mass is 545 g/mol. The largest absolute Gasteiger partial charge is 0.482 e. The summed E-state index contributed by atoms with van der Waals surface area (Å²) >= 11 is 1.66. The standard InChI is InChI=1S/C28H27N5O5S/c1-15-16(2)39-28-25(15)26(30-22(13-24(36)37-4)27-32-31-17(3)33(27)28)18-5-7-19(8-6-18)29-20-9-11-21(12-10-20)38-14-23(34)35/h5-12,22,29H,13-14H2,1-4H3,(H,34,35)/t22-/m0/s1. The quantitative estimate of drug-likeness (QED) is 0.299. The maximum Gasteiger partial charge on any atom is 0.341 e. The molecule has 10 nitrogen and oxygen atoms in total. The van der Waals surface area contributed by atoms with E-state index in [1.54, 1.807) is 23.5 Å². The van der Waals surface area contributed by atoms with E-state index in [-0.39, 0.29) is 19.0 Å². The number of anilines is 2. The molecule has 0 spiro atoms. The number of thiophene rings is 1. The van der Waals surface area contributed by atoms with E-state index in [1.165, 1.54) is 12.0 Å². The third-order valence-corrected chi connectivity index (χ3v) is 7.68. The van der Waals surface area contributed by atoms with Crippen LogP contribution in [0.5, 0.6) is 5.75 Å². The highest BCUT2D eigenvalue weighted by atomic mass is 32.1. The van der Waals surface area contributed by atoms with E-state index in [0.29, 0.717) is 11.6 Å². The van der Waals surface area contributed by atoms with Gasteiger partial charge in [0.05, 0.1) is 19.2 Å². The number of rotatable bonds is 8. The number of hydrogen-bond donors (Lipinski definition) is 2. The van der Waals surface area contributed by atoms with Crippen LogP contribution in [0.2, 0.25) is 0 Å². The molecule has 0 amide bonds. The number of carboxylic acids is 1. The van der Waals surface area contributed by atoms with Crippen LogP contribution in [-0.2, 0) is 14.3 Å². The number of methoxy groups -OCH3 is 1. The highest BCUT2D eigenvalue weighted by molar-refractivity contribution is 7.15. The Morgan fingerprint density at radius 2 is 1.69 bits per heavy atom. The van der Waals surface area contributed by atoms with Crippen molar-refractivity contribution in [1.82, 2.24) is 14.8 Å². The number of fused-ring (bicyclic) bond motifs is 3. The lowest BCUT2D eigenvalue weighted by molar-refractivity contribution is -0.141. The lowest BCUT2D eigenvalue weighted by atomic mass is 9.99. The van der Waals surface area contributed by atoms with Crippen molar-refractivity contribution < 1.29 is 24.2 Å². The third-order valence-electron chi connectivity index (χ3n) is 6.49. The Labute approximate surface area is 229 Å². The van der Waals surface area contributed by atoms with Crippen molar-refractivity contribution in [3.8, 4) is 10.8 Å². The predicted molar refractivity (Wildman–Crippen MR) is 148 cm³/mol. The molecule has 2 N–H and O–H groups in total. The Bertz CT molecular complexity index is 1570. The molecule has 200 valence electrons. The number of benzene rings is 2. The Hall–Kier alpha value is -4.51. The lowest BCUT2D eigenvalue weighted by Crippen LogP contribution is -2.12. The number of esters is 1. The van der Waals surface area contributed by atoms with E-state index in [9.17, 15) is 9.59 Å². The number of aromatic nitrogens is 3. The molecular formula is C28H27N5O5S. The summed E-state index contributed by atoms with van der Waals surface area (Å²) in [7, 11) is 1.37. The molecule has 0 saturated carbocycles. The summed E-state index contributed by atoms with van der Waals surface area (Å²) in [5.41, 5.74) is 5.52. The minimum absolute atomic E-state index is 0.0525. The van der Waals surface area contributed by atoms with Gasteiger partial charge in [-0.05, 0) is 62.7 Å². The molecule has 0 radical (unpaired) electrons. The van der Waals surface area contributed by atoms with Crippen molar-refractivity contribution in [1.29, 1.82) is 0 Å². The number of aryl methyl sites for hydroxylation is 2. The van der Waals surface area contributed by atoms with Crippen molar-refractivity contribution in [2.45, 2.75) is 33.2 Å². The first kappa shape index (κ1) is 26.1. The van der Waals surface area contributed by atoms with Crippen LogP contribution in [0.1, 0.15) is 45.7 Å². The molecule has 11 heteroatoms. The number of hydrogen-bond acceptors (Lipinski definition) is 9. The predicted octanol–water partition coefficient (Wildman–Crippen LogP) is 4.92. The highest BCUT2D eigenvalue weighted by Gasteiger charge is 2.32. The summed E-state index contributed by atoms with van der Waals surface area (Å²) in [6.45, 7) is 5.68. The van der Waals surface area contributed by atoms with E-state index in [0.717, 1.165) is 44.6 Å². The van der Waals surface area contributed by atoms with Crippen LogP contribution in [-0.4, -0.2) is 51.2 Å². The van der Waals surface area contributed by atoms with Crippen molar-refractivity contribution in [2.24, 2.45) is 4.99 Å². The first-order valence-electron chi connectivity index (χ1n) is 12.2. The summed E-state index contributed by atoms with van der Waals surface area (Å²) in [5.74, 6) is 0.437. The van der Waals surface area contributed by atoms with Crippen LogP contribution in [0.15, 0.2) is 53.5 Å². The van der Waals surface area contributed by atoms with Crippen LogP contribution in [0.3, 0.4) is 0 Å². The molecule has 0 saturated heterocycles. The number of aliphatic imine (C=N–C) groups is 1. The SMILES string of the molecule is COC(=O)C[C@@H]1N=C(c2ccc(Nc3ccc(OCC(=O)O)cc3)cc2)c2c(sc(C)c2C)-n2c(C)nnc21. The van der Waals surface area contributed by atoms with Gasteiger partial charge in [0.15, 0.2) is 12.4 Å². The summed E-state index contributed by atoms with van der Waals surface area (Å²) in [6, 6.07) is 14.4. The second-order valence-electron chi connectivity index (χ2n) is 9.09. The first-order valence-corrected chi connectivity index (χ1v) is 13.1. The highest BCUT2D eigenvalue weighted by Crippen LogP contribution is 2.39. The third kappa shape index (κ3) is 5.26. The molecule has 1 aliphatic heterocycles. The number of carbonyl (C=O) groups excluding carboxylic acids is 1. The smallest absolute Gasteiger partial charge is 0.341 e. The Balaban J connectivity index is 1.48. The molecule has 1 aliphatic rings. The average molecular weight is 546 g/mol. The number of carbonyl (C=O) groups is 2. The van der Waals surface area contributed by atoms with Crippen molar-refractivity contribution in [3.05, 3.63) is 81.7 Å². The number of aliphatic carboxylic acids is 1. The van der Waals surface area contributed by atoms with Gasteiger partial charge < -0.3 is 19.9 Å². The van der Waals surface area contributed by atoms with Gasteiger partial charge in [-0.25, -0.2) is 4.79 Å². The maximum absolute atomic E-state index is 12.3. The van der Waals surface area contributed by atoms with Gasteiger partial charge in [0.2, 0.25) is 0 Å². The number of nitrogens with one attached hydrogen (secondary N) is 1. The zero-order chi connectivity index (χ0) is 27.7. The molecule has 1 atom stereocenters. The Kier molecular flexibility index (Phi) is 7.16. The molecular weight excluding hydrogens is 518 g/mol. The molecule has 4 aromatic rings. The van der Waals surface area contributed by atoms with Gasteiger partial charge in [0.1, 0.15) is 22.6 Å². The van der Waals surface area contributed by atoms with E-state index in [2.05, 4.69) is 29.4 Å². The average Bonchev–Trinajstić information content (AvgIpc) is 3.40. The molecule has 3 heterocycles. The summed E-state index contributed by atoms with van der Waals surface area (Å²) in [6.07, 6.45) is 0.0525. The second-order valence-corrected chi connectivity index (χ2v) is 10.3. The number of nitrogens with zero attached hydrogens (tertiary/aromatic N) is 4. The van der Waals surface area contributed by atoms with E-state index in [4.69, 9.17) is 19.6 Å². The molecule has 0 bridgehead atoms. The van der Waals surface area contributed by atoms with Gasteiger partial charge in [-0.15, -0.1) is 21.5 Å². The Morgan fingerprint density at radius 1 is 1.03 bits per heavy atom. The fraction of sp³-hybridized carbons (Fsp3) is 0.250.